The van der Waals surface area contributed by atoms with Crippen LogP contribution in [0.2, 0.25) is 0 Å². The number of nitrogens with zero attached hydrogens (tertiary/aromatic N) is 1. The minimum atomic E-state index is -4.85. The predicted octanol–water partition coefficient (Wildman–Crippen LogP) is 1.42. The second kappa shape index (κ2) is 5.52. The van der Waals surface area contributed by atoms with Crippen LogP contribution in [-0.2, 0) is 20.9 Å². The standard InChI is InChI=1S/C12H12F3NO5S/c1-16(5-9-6-21-9)22(19,20)10-3-7(11(17)18)2-8(4-10)12(13,14)15/h2-4,9H,5-6H2,1H3,(H,17,18). The lowest BCUT2D eigenvalue weighted by molar-refractivity contribution is -0.137. The van der Waals surface area contributed by atoms with Crippen molar-refractivity contribution in [2.24, 2.45) is 0 Å². The smallest absolute Gasteiger partial charge is 0.416 e. The molecule has 1 aromatic rings. The number of benzene rings is 1. The third-order valence-electron chi connectivity index (χ3n) is 3.05. The minimum Gasteiger partial charge on any atom is -0.478 e. The lowest BCUT2D eigenvalue weighted by Gasteiger charge is -2.17. The van der Waals surface area contributed by atoms with E-state index < -0.39 is 38.2 Å². The van der Waals surface area contributed by atoms with Gasteiger partial charge in [-0.05, 0) is 18.2 Å². The fourth-order valence-corrected chi connectivity index (χ4v) is 3.05. The van der Waals surface area contributed by atoms with Crippen LogP contribution in [0.25, 0.3) is 0 Å². The van der Waals surface area contributed by atoms with E-state index in [2.05, 4.69) is 0 Å². The second-order valence-corrected chi connectivity index (χ2v) is 6.83. The van der Waals surface area contributed by atoms with E-state index in [1.165, 1.54) is 7.05 Å². The lowest BCUT2D eigenvalue weighted by Crippen LogP contribution is -2.31. The summed E-state index contributed by atoms with van der Waals surface area (Å²) in [6.07, 6.45) is -5.14. The van der Waals surface area contributed by atoms with Crippen LogP contribution in [0.5, 0.6) is 0 Å². The van der Waals surface area contributed by atoms with Gasteiger partial charge in [-0.15, -0.1) is 0 Å². The number of epoxide rings is 1. The molecule has 1 aliphatic heterocycles. The van der Waals surface area contributed by atoms with Crippen molar-refractivity contribution >= 4 is 16.0 Å². The highest BCUT2D eigenvalue weighted by Gasteiger charge is 2.35. The molecule has 1 unspecified atom stereocenters. The highest BCUT2D eigenvalue weighted by Crippen LogP contribution is 2.32. The second-order valence-electron chi connectivity index (χ2n) is 4.79. The van der Waals surface area contributed by atoms with Crippen LogP contribution in [-0.4, -0.2) is 50.1 Å². The lowest BCUT2D eigenvalue weighted by atomic mass is 10.1. The summed E-state index contributed by atoms with van der Waals surface area (Å²) in [5.74, 6) is -1.64. The fraction of sp³-hybridized carbons (Fsp3) is 0.417. The molecule has 1 fully saturated rings. The number of likely N-dealkylation sites (N-methyl/N-ethyl adjacent to an activating group) is 1. The van der Waals surface area contributed by atoms with E-state index in [0.29, 0.717) is 24.8 Å². The first kappa shape index (κ1) is 16.7. The van der Waals surface area contributed by atoms with Gasteiger partial charge in [0.15, 0.2) is 0 Å². The van der Waals surface area contributed by atoms with Crippen LogP contribution >= 0.6 is 0 Å². The average molecular weight is 339 g/mol. The van der Waals surface area contributed by atoms with Crippen molar-refractivity contribution in [2.75, 3.05) is 20.2 Å². The van der Waals surface area contributed by atoms with Gasteiger partial charge in [0.05, 0.1) is 28.7 Å². The molecule has 1 aliphatic rings. The summed E-state index contributed by atoms with van der Waals surface area (Å²) in [5, 5.41) is 8.86. The molecule has 6 nitrogen and oxygen atoms in total. The first-order chi connectivity index (χ1) is 10.0. The summed E-state index contributed by atoms with van der Waals surface area (Å²) in [6, 6.07) is 1.52. The first-order valence-corrected chi connectivity index (χ1v) is 7.49. The van der Waals surface area contributed by atoms with E-state index in [1.54, 1.807) is 0 Å². The van der Waals surface area contributed by atoms with Crippen LogP contribution in [0.15, 0.2) is 23.1 Å². The number of halogens is 3. The van der Waals surface area contributed by atoms with Gasteiger partial charge in [0.2, 0.25) is 10.0 Å². The highest BCUT2D eigenvalue weighted by molar-refractivity contribution is 7.89. The van der Waals surface area contributed by atoms with Crippen molar-refractivity contribution in [3.8, 4) is 0 Å². The van der Waals surface area contributed by atoms with E-state index in [0.717, 1.165) is 4.31 Å². The molecule has 1 saturated heterocycles. The van der Waals surface area contributed by atoms with Gasteiger partial charge in [-0.1, -0.05) is 0 Å². The quantitative estimate of drug-likeness (QED) is 0.820. The Balaban J connectivity index is 2.48. The number of carboxylic acid groups (broad SMARTS) is 1. The topological polar surface area (TPSA) is 87.2 Å². The Morgan fingerprint density at radius 2 is 2.00 bits per heavy atom. The van der Waals surface area contributed by atoms with Crippen molar-refractivity contribution < 1.29 is 36.2 Å². The molecule has 10 heteroatoms. The van der Waals surface area contributed by atoms with Gasteiger partial charge in [0.1, 0.15) is 0 Å². The Kier molecular flexibility index (Phi) is 4.20. The highest BCUT2D eigenvalue weighted by atomic mass is 32.2. The summed E-state index contributed by atoms with van der Waals surface area (Å²) in [6.45, 7) is 0.365. The van der Waals surface area contributed by atoms with E-state index in [4.69, 9.17) is 9.84 Å². The molecule has 1 atom stereocenters. The summed E-state index contributed by atoms with van der Waals surface area (Å²) < 4.78 is 68.6. The Morgan fingerprint density at radius 3 is 2.45 bits per heavy atom. The van der Waals surface area contributed by atoms with Crippen LogP contribution in [0.1, 0.15) is 15.9 Å². The van der Waals surface area contributed by atoms with Gasteiger partial charge in [0, 0.05) is 13.6 Å². The van der Waals surface area contributed by atoms with Gasteiger partial charge in [0.25, 0.3) is 0 Å². The van der Waals surface area contributed by atoms with E-state index in [-0.39, 0.29) is 12.6 Å². The molecule has 122 valence electrons. The minimum absolute atomic E-state index is 0.0129. The number of hydrogen-bond acceptors (Lipinski definition) is 4. The van der Waals surface area contributed by atoms with Crippen molar-refractivity contribution in [2.45, 2.75) is 17.2 Å². The van der Waals surface area contributed by atoms with Crippen molar-refractivity contribution in [3.05, 3.63) is 29.3 Å². The largest absolute Gasteiger partial charge is 0.478 e. The van der Waals surface area contributed by atoms with Crippen molar-refractivity contribution in [1.82, 2.24) is 4.31 Å². The molecule has 0 aliphatic carbocycles. The summed E-state index contributed by atoms with van der Waals surface area (Å²) in [4.78, 5) is 10.2. The SMILES string of the molecule is CN(CC1CO1)S(=O)(=O)c1cc(C(=O)O)cc(C(F)(F)F)c1. The summed E-state index contributed by atoms with van der Waals surface area (Å²) >= 11 is 0. The number of rotatable bonds is 5. The first-order valence-electron chi connectivity index (χ1n) is 6.05. The monoisotopic (exact) mass is 339 g/mol. The molecule has 2 rings (SSSR count). The molecule has 22 heavy (non-hydrogen) atoms. The van der Waals surface area contributed by atoms with Crippen LogP contribution in [0, 0.1) is 0 Å². The zero-order valence-electron chi connectivity index (χ0n) is 11.3. The number of aromatic carboxylic acids is 1. The average Bonchev–Trinajstić information content (AvgIpc) is 3.20. The van der Waals surface area contributed by atoms with Crippen molar-refractivity contribution in [1.29, 1.82) is 0 Å². The van der Waals surface area contributed by atoms with Gasteiger partial charge >= 0.3 is 12.1 Å². The van der Waals surface area contributed by atoms with Gasteiger partial charge in [-0.3, -0.25) is 0 Å². The normalized spacial score (nSPS) is 18.5. The number of alkyl halides is 3. The molecule has 1 aromatic carbocycles. The molecule has 0 saturated carbocycles. The van der Waals surface area contributed by atoms with Gasteiger partial charge in [-0.2, -0.15) is 17.5 Å². The maximum atomic E-state index is 12.8. The third kappa shape index (κ3) is 3.57. The Bertz CT molecular complexity index is 697. The molecule has 0 aromatic heterocycles. The number of carboxylic acids is 1. The van der Waals surface area contributed by atoms with Crippen LogP contribution < -0.4 is 0 Å². The number of hydrogen-bond donors (Lipinski definition) is 1. The summed E-state index contributed by atoms with van der Waals surface area (Å²) in [7, 11) is -3.05. The maximum Gasteiger partial charge on any atom is 0.416 e. The molecule has 0 bridgehead atoms. The van der Waals surface area contributed by atoms with E-state index >= 15 is 0 Å². The van der Waals surface area contributed by atoms with Gasteiger partial charge < -0.3 is 9.84 Å². The number of ether oxygens (including phenoxy) is 1. The Labute approximate surface area is 124 Å². The van der Waals surface area contributed by atoms with Crippen LogP contribution in [0.4, 0.5) is 13.2 Å². The number of carbonyl (C=O) groups is 1. The zero-order chi connectivity index (χ0) is 16.7. The predicted molar refractivity (Wildman–Crippen MR) is 68.0 cm³/mol. The van der Waals surface area contributed by atoms with Crippen molar-refractivity contribution in [3.63, 3.8) is 0 Å². The fourth-order valence-electron chi connectivity index (χ4n) is 1.77. The molecule has 1 N–H and O–H groups in total. The molecular formula is C12H12F3NO5S. The Hall–Kier alpha value is -1.65. The molecule has 0 radical (unpaired) electrons. The van der Waals surface area contributed by atoms with Crippen LogP contribution in [0.3, 0.4) is 0 Å². The maximum absolute atomic E-state index is 12.8. The molecular weight excluding hydrogens is 327 g/mol. The van der Waals surface area contributed by atoms with E-state index in [9.17, 15) is 26.4 Å². The third-order valence-corrected chi connectivity index (χ3v) is 4.85. The summed E-state index contributed by atoms with van der Waals surface area (Å²) in [5.41, 5.74) is -2.08. The molecule has 0 amide bonds. The molecule has 0 spiro atoms. The Morgan fingerprint density at radius 1 is 1.41 bits per heavy atom. The number of sulfonamides is 1. The van der Waals surface area contributed by atoms with E-state index in [1.807, 2.05) is 0 Å². The molecule has 1 heterocycles. The van der Waals surface area contributed by atoms with Gasteiger partial charge in [-0.25, -0.2) is 13.2 Å². The zero-order valence-corrected chi connectivity index (χ0v) is 12.1.